The van der Waals surface area contributed by atoms with Gasteiger partial charge in [-0.05, 0) is 24.2 Å². The van der Waals surface area contributed by atoms with Gasteiger partial charge in [0.05, 0.1) is 6.04 Å². The molecule has 118 valence electrons. The van der Waals surface area contributed by atoms with Crippen LogP contribution in [0.1, 0.15) is 53.4 Å². The maximum atomic E-state index is 11.9. The molecule has 5 heteroatoms. The minimum absolute atomic E-state index is 0.0319. The minimum Gasteiger partial charge on any atom is -0.481 e. The highest BCUT2D eigenvalue weighted by molar-refractivity contribution is 5.81. The van der Waals surface area contributed by atoms with Crippen molar-refractivity contribution < 1.29 is 14.7 Å². The Labute approximate surface area is 122 Å². The number of aliphatic carboxylic acids is 1. The summed E-state index contributed by atoms with van der Waals surface area (Å²) in [6.45, 7) is 8.51. The van der Waals surface area contributed by atoms with Crippen molar-refractivity contribution in [2.75, 3.05) is 6.54 Å². The SMILES string of the molecule is CCC(C)[C@H](N)C(=O)NC[C@H](CC(=O)O)C[C@H](C)CC. The van der Waals surface area contributed by atoms with Crippen molar-refractivity contribution in [3.05, 3.63) is 0 Å². The molecule has 1 unspecified atom stereocenters. The van der Waals surface area contributed by atoms with Crippen LogP contribution in [0.15, 0.2) is 0 Å². The normalized spacial score (nSPS) is 17.1. The Balaban J connectivity index is 4.37. The van der Waals surface area contributed by atoms with E-state index in [0.29, 0.717) is 12.5 Å². The van der Waals surface area contributed by atoms with Crippen molar-refractivity contribution >= 4 is 11.9 Å². The van der Waals surface area contributed by atoms with Crippen molar-refractivity contribution in [2.45, 2.75) is 59.4 Å². The van der Waals surface area contributed by atoms with Gasteiger partial charge in [-0.3, -0.25) is 9.59 Å². The van der Waals surface area contributed by atoms with E-state index in [1.165, 1.54) is 0 Å². The molecule has 0 radical (unpaired) electrons. The average Bonchev–Trinajstić information content (AvgIpc) is 2.41. The van der Waals surface area contributed by atoms with Crippen molar-refractivity contribution in [2.24, 2.45) is 23.5 Å². The Morgan fingerprint density at radius 2 is 1.80 bits per heavy atom. The third-order valence-corrected chi connectivity index (χ3v) is 4.02. The van der Waals surface area contributed by atoms with E-state index in [0.717, 1.165) is 19.3 Å². The summed E-state index contributed by atoms with van der Waals surface area (Å²) in [6, 6.07) is -0.519. The van der Waals surface area contributed by atoms with Gasteiger partial charge >= 0.3 is 5.97 Å². The lowest BCUT2D eigenvalue weighted by atomic mass is 9.91. The highest BCUT2D eigenvalue weighted by Crippen LogP contribution is 2.18. The van der Waals surface area contributed by atoms with Crippen LogP contribution in [0.3, 0.4) is 0 Å². The van der Waals surface area contributed by atoms with Crippen LogP contribution < -0.4 is 11.1 Å². The molecular weight excluding hydrogens is 256 g/mol. The number of amides is 1. The van der Waals surface area contributed by atoms with Gasteiger partial charge in [-0.15, -0.1) is 0 Å². The molecule has 0 aliphatic heterocycles. The van der Waals surface area contributed by atoms with E-state index in [2.05, 4.69) is 19.2 Å². The molecule has 0 aliphatic rings. The summed E-state index contributed by atoms with van der Waals surface area (Å²) < 4.78 is 0. The molecule has 0 aromatic heterocycles. The van der Waals surface area contributed by atoms with Gasteiger partial charge in [0.1, 0.15) is 0 Å². The summed E-state index contributed by atoms with van der Waals surface area (Å²) in [7, 11) is 0. The Morgan fingerprint density at radius 1 is 1.20 bits per heavy atom. The van der Waals surface area contributed by atoms with Gasteiger partial charge in [-0.1, -0.05) is 40.5 Å². The second-order valence-electron chi connectivity index (χ2n) is 5.87. The molecule has 4 atom stereocenters. The Morgan fingerprint density at radius 3 is 2.25 bits per heavy atom. The van der Waals surface area contributed by atoms with E-state index in [-0.39, 0.29) is 24.2 Å². The van der Waals surface area contributed by atoms with Crippen molar-refractivity contribution in [1.29, 1.82) is 0 Å². The number of carbonyl (C=O) groups is 2. The number of carboxylic acid groups (broad SMARTS) is 1. The summed E-state index contributed by atoms with van der Waals surface area (Å²) in [4.78, 5) is 22.8. The van der Waals surface area contributed by atoms with Crippen molar-refractivity contribution in [1.82, 2.24) is 5.32 Å². The van der Waals surface area contributed by atoms with Crippen molar-refractivity contribution in [3.8, 4) is 0 Å². The highest BCUT2D eigenvalue weighted by Gasteiger charge is 2.22. The molecule has 20 heavy (non-hydrogen) atoms. The van der Waals surface area contributed by atoms with Gasteiger partial charge in [0, 0.05) is 13.0 Å². The summed E-state index contributed by atoms with van der Waals surface area (Å²) in [5.74, 6) is -0.449. The lowest BCUT2D eigenvalue weighted by Gasteiger charge is -2.22. The molecule has 0 heterocycles. The molecule has 0 bridgehead atoms. The van der Waals surface area contributed by atoms with Crippen molar-refractivity contribution in [3.63, 3.8) is 0 Å². The fourth-order valence-electron chi connectivity index (χ4n) is 2.10. The summed E-state index contributed by atoms with van der Waals surface area (Å²) in [5, 5.41) is 11.7. The molecule has 4 N–H and O–H groups in total. The zero-order chi connectivity index (χ0) is 15.7. The van der Waals surface area contributed by atoms with Gasteiger partial charge in [-0.2, -0.15) is 0 Å². The lowest BCUT2D eigenvalue weighted by Crippen LogP contribution is -2.46. The van der Waals surface area contributed by atoms with Gasteiger partial charge in [0.2, 0.25) is 5.91 Å². The van der Waals surface area contributed by atoms with Crippen LogP contribution in [-0.2, 0) is 9.59 Å². The van der Waals surface area contributed by atoms with Gasteiger partial charge in [0.25, 0.3) is 0 Å². The van der Waals surface area contributed by atoms with E-state index < -0.39 is 12.0 Å². The second-order valence-corrected chi connectivity index (χ2v) is 5.87. The number of hydrogen-bond donors (Lipinski definition) is 3. The van der Waals surface area contributed by atoms with Gasteiger partial charge in [-0.25, -0.2) is 0 Å². The first-order valence-electron chi connectivity index (χ1n) is 7.56. The molecule has 0 saturated carbocycles. The summed E-state index contributed by atoms with van der Waals surface area (Å²) in [6.07, 6.45) is 2.75. The second kappa shape index (κ2) is 9.75. The number of rotatable bonds is 10. The lowest BCUT2D eigenvalue weighted by molar-refractivity contribution is -0.138. The molecule has 0 spiro atoms. The predicted molar refractivity (Wildman–Crippen MR) is 80.3 cm³/mol. The molecule has 0 aliphatic carbocycles. The van der Waals surface area contributed by atoms with Crippen LogP contribution in [0.25, 0.3) is 0 Å². The minimum atomic E-state index is -0.821. The molecule has 0 aromatic rings. The standard InChI is InChI=1S/C15H30N2O3/c1-5-10(3)7-12(8-13(18)19)9-17-15(20)14(16)11(4)6-2/h10-12,14H,5-9,16H2,1-4H3,(H,17,20)(H,18,19)/t10-,11?,12+,14+/m1/s1. The molecular formula is C15H30N2O3. The van der Waals surface area contributed by atoms with E-state index in [1.807, 2.05) is 13.8 Å². The summed E-state index contributed by atoms with van der Waals surface area (Å²) >= 11 is 0. The predicted octanol–water partition coefficient (Wildman–Crippen LogP) is 2.00. The van der Waals surface area contributed by atoms with Crippen LogP contribution >= 0.6 is 0 Å². The Bertz CT molecular complexity index is 307. The third-order valence-electron chi connectivity index (χ3n) is 4.02. The van der Waals surface area contributed by atoms with E-state index in [9.17, 15) is 9.59 Å². The fraction of sp³-hybridized carbons (Fsp3) is 0.867. The Kier molecular flexibility index (Phi) is 9.21. The molecule has 1 amide bonds. The zero-order valence-corrected chi connectivity index (χ0v) is 13.2. The van der Waals surface area contributed by atoms with Crippen LogP contribution in [0, 0.1) is 17.8 Å². The molecule has 0 rings (SSSR count). The van der Waals surface area contributed by atoms with Gasteiger partial charge < -0.3 is 16.2 Å². The van der Waals surface area contributed by atoms with Crippen LogP contribution in [0.2, 0.25) is 0 Å². The maximum Gasteiger partial charge on any atom is 0.303 e. The Hall–Kier alpha value is -1.10. The average molecular weight is 286 g/mol. The number of hydrogen-bond acceptors (Lipinski definition) is 3. The summed E-state index contributed by atoms with van der Waals surface area (Å²) in [5.41, 5.74) is 5.86. The molecule has 0 saturated heterocycles. The number of carboxylic acids is 1. The molecule has 5 nitrogen and oxygen atoms in total. The van der Waals surface area contributed by atoms with Gasteiger partial charge in [0.15, 0.2) is 0 Å². The first-order chi connectivity index (χ1) is 9.31. The first kappa shape index (κ1) is 18.9. The maximum absolute atomic E-state index is 11.9. The number of carbonyl (C=O) groups excluding carboxylic acids is 1. The van der Waals surface area contributed by atoms with Crippen LogP contribution in [-0.4, -0.2) is 29.6 Å². The van der Waals surface area contributed by atoms with E-state index in [1.54, 1.807) is 0 Å². The topological polar surface area (TPSA) is 92.4 Å². The monoisotopic (exact) mass is 286 g/mol. The zero-order valence-electron chi connectivity index (χ0n) is 13.2. The smallest absolute Gasteiger partial charge is 0.303 e. The molecule has 0 fully saturated rings. The van der Waals surface area contributed by atoms with Crippen LogP contribution in [0.4, 0.5) is 0 Å². The largest absolute Gasteiger partial charge is 0.481 e. The quantitative estimate of drug-likeness (QED) is 0.572. The van der Waals surface area contributed by atoms with Crippen LogP contribution in [0.5, 0.6) is 0 Å². The van der Waals surface area contributed by atoms with E-state index in [4.69, 9.17) is 10.8 Å². The number of nitrogens with one attached hydrogen (secondary N) is 1. The third kappa shape index (κ3) is 7.48. The molecule has 0 aromatic carbocycles. The number of nitrogens with two attached hydrogens (primary N) is 1. The fourth-order valence-corrected chi connectivity index (χ4v) is 2.10. The highest BCUT2D eigenvalue weighted by atomic mass is 16.4. The first-order valence-corrected chi connectivity index (χ1v) is 7.56. The van der Waals surface area contributed by atoms with E-state index >= 15 is 0 Å².